The van der Waals surface area contributed by atoms with Crippen LogP contribution in [0.25, 0.3) is 0 Å². The van der Waals surface area contributed by atoms with Crippen LogP contribution in [0.4, 0.5) is 13.2 Å². The number of benzene rings is 2. The van der Waals surface area contributed by atoms with Gasteiger partial charge in [-0.1, -0.05) is 23.2 Å². The molecule has 0 bridgehead atoms. The molecule has 2 aromatic rings. The van der Waals surface area contributed by atoms with Crippen LogP contribution >= 0.6 is 23.2 Å². The molecule has 0 radical (unpaired) electrons. The first kappa shape index (κ1) is 22.1. The number of rotatable bonds is 7. The maximum absolute atomic E-state index is 14.1. The fraction of sp³-hybridized carbons (Fsp3) is 0.188. The van der Waals surface area contributed by atoms with Gasteiger partial charge in [0, 0.05) is 16.7 Å². The molecule has 0 unspecified atom stereocenters. The van der Waals surface area contributed by atoms with Crippen molar-refractivity contribution in [3.63, 3.8) is 0 Å². The maximum atomic E-state index is 14.1. The average molecular weight is 458 g/mol. The number of hydrogen-bond acceptors (Lipinski definition) is 5. The molecule has 2 aromatic carbocycles. The summed E-state index contributed by atoms with van der Waals surface area (Å²) in [5, 5.41) is -0.174. The predicted molar refractivity (Wildman–Crippen MR) is 96.1 cm³/mol. The van der Waals surface area contributed by atoms with Crippen molar-refractivity contribution >= 4 is 39.1 Å². The van der Waals surface area contributed by atoms with Crippen molar-refractivity contribution in [1.29, 1.82) is 0 Å². The highest BCUT2D eigenvalue weighted by Crippen LogP contribution is 2.31. The van der Waals surface area contributed by atoms with Gasteiger partial charge in [0.1, 0.15) is 23.9 Å². The van der Waals surface area contributed by atoms with E-state index in [2.05, 4.69) is 4.74 Å². The van der Waals surface area contributed by atoms with Crippen LogP contribution in [0.2, 0.25) is 10.0 Å². The zero-order chi connectivity index (χ0) is 21.1. The van der Waals surface area contributed by atoms with Crippen molar-refractivity contribution in [1.82, 2.24) is 4.72 Å². The highest BCUT2D eigenvalue weighted by Gasteiger charge is 2.18. The van der Waals surface area contributed by atoms with E-state index in [-0.39, 0.29) is 33.7 Å². The highest BCUT2D eigenvalue weighted by atomic mass is 35.5. The fourth-order valence-electron chi connectivity index (χ4n) is 2.02. The summed E-state index contributed by atoms with van der Waals surface area (Å²) < 4.78 is 71.9. The standard InChI is InChI=1S/C16H12Cl2F3NO5S/c1-28(24,25)22-15(23)10-6-11(17)8(4-13(10)19)7-26-9-2-3-14(12(18)5-9)27-16(20)21/h2-6,16H,7H2,1H3,(H,22,23). The highest BCUT2D eigenvalue weighted by molar-refractivity contribution is 7.89. The Kier molecular flexibility index (Phi) is 7.02. The molecule has 2 rings (SSSR count). The van der Waals surface area contributed by atoms with Crippen LogP contribution in [0, 0.1) is 5.82 Å². The van der Waals surface area contributed by atoms with Crippen LogP contribution in [0.15, 0.2) is 30.3 Å². The minimum Gasteiger partial charge on any atom is -0.489 e. The van der Waals surface area contributed by atoms with Gasteiger partial charge in [-0.2, -0.15) is 8.78 Å². The van der Waals surface area contributed by atoms with Crippen LogP contribution in [-0.4, -0.2) is 27.2 Å². The third-order valence-corrected chi connectivity index (χ3v) is 4.38. The molecule has 0 saturated carbocycles. The lowest BCUT2D eigenvalue weighted by Crippen LogP contribution is -2.30. The molecule has 0 aliphatic rings. The molecule has 0 spiro atoms. The minimum atomic E-state index is -3.88. The van der Waals surface area contributed by atoms with Crippen LogP contribution in [0.5, 0.6) is 11.5 Å². The molecule has 12 heteroatoms. The summed E-state index contributed by atoms with van der Waals surface area (Å²) in [6.07, 6.45) is 0.745. The van der Waals surface area contributed by atoms with Crippen LogP contribution in [0.1, 0.15) is 15.9 Å². The molecule has 0 heterocycles. The van der Waals surface area contributed by atoms with Crippen LogP contribution in [0.3, 0.4) is 0 Å². The summed E-state index contributed by atoms with van der Waals surface area (Å²) in [7, 11) is -3.88. The van der Waals surface area contributed by atoms with E-state index in [1.807, 2.05) is 0 Å². The van der Waals surface area contributed by atoms with Gasteiger partial charge in [-0.3, -0.25) is 4.79 Å². The van der Waals surface area contributed by atoms with E-state index in [1.165, 1.54) is 18.2 Å². The second-order valence-electron chi connectivity index (χ2n) is 5.39. The largest absolute Gasteiger partial charge is 0.489 e. The summed E-state index contributed by atoms with van der Waals surface area (Å²) in [4.78, 5) is 11.8. The number of carbonyl (C=O) groups is 1. The Morgan fingerprint density at radius 2 is 1.86 bits per heavy atom. The first-order chi connectivity index (χ1) is 13.0. The quantitative estimate of drug-likeness (QED) is 0.679. The van der Waals surface area contributed by atoms with Gasteiger partial charge in [-0.05, 0) is 24.3 Å². The zero-order valence-corrected chi connectivity index (χ0v) is 16.3. The second kappa shape index (κ2) is 8.89. The summed E-state index contributed by atoms with van der Waals surface area (Å²) in [6, 6.07) is 5.57. The van der Waals surface area contributed by atoms with Crippen molar-refractivity contribution in [3.05, 3.63) is 57.3 Å². The number of amides is 1. The first-order valence-electron chi connectivity index (χ1n) is 7.33. The van der Waals surface area contributed by atoms with E-state index < -0.39 is 33.9 Å². The van der Waals surface area contributed by atoms with Crippen LogP contribution < -0.4 is 14.2 Å². The lowest BCUT2D eigenvalue weighted by atomic mass is 10.1. The van der Waals surface area contributed by atoms with E-state index in [9.17, 15) is 26.4 Å². The number of carbonyl (C=O) groups excluding carboxylic acids is 1. The number of ether oxygens (including phenoxy) is 2. The molecule has 1 N–H and O–H groups in total. The normalized spacial score (nSPS) is 11.4. The zero-order valence-electron chi connectivity index (χ0n) is 14.0. The van der Waals surface area contributed by atoms with Gasteiger partial charge in [0.25, 0.3) is 5.91 Å². The van der Waals surface area contributed by atoms with E-state index in [0.717, 1.165) is 18.4 Å². The van der Waals surface area contributed by atoms with Gasteiger partial charge in [0.15, 0.2) is 0 Å². The van der Waals surface area contributed by atoms with Gasteiger partial charge in [-0.15, -0.1) is 0 Å². The smallest absolute Gasteiger partial charge is 0.387 e. The summed E-state index contributed by atoms with van der Waals surface area (Å²) >= 11 is 11.8. The predicted octanol–water partition coefficient (Wildman–Crippen LogP) is 4.00. The van der Waals surface area contributed by atoms with Crippen molar-refractivity contribution < 1.29 is 35.9 Å². The monoisotopic (exact) mass is 457 g/mol. The molecule has 28 heavy (non-hydrogen) atoms. The molecule has 0 atom stereocenters. The molecule has 1 amide bonds. The van der Waals surface area contributed by atoms with Crippen molar-refractivity contribution in [3.8, 4) is 11.5 Å². The Bertz CT molecular complexity index is 1000. The molecule has 152 valence electrons. The van der Waals surface area contributed by atoms with Crippen molar-refractivity contribution in [2.24, 2.45) is 0 Å². The average Bonchev–Trinajstić information content (AvgIpc) is 2.55. The molecule has 0 aromatic heterocycles. The molecule has 6 nitrogen and oxygen atoms in total. The van der Waals surface area contributed by atoms with E-state index in [4.69, 9.17) is 27.9 Å². The Labute approximate surface area is 168 Å². The number of sulfonamides is 1. The topological polar surface area (TPSA) is 81.7 Å². The van der Waals surface area contributed by atoms with Gasteiger partial charge in [0.2, 0.25) is 10.0 Å². The SMILES string of the molecule is CS(=O)(=O)NC(=O)c1cc(Cl)c(COc2ccc(OC(F)F)c(Cl)c2)cc1F. The Hall–Kier alpha value is -2.17. The summed E-state index contributed by atoms with van der Waals surface area (Å²) in [5.74, 6) is -2.25. The van der Waals surface area contributed by atoms with Gasteiger partial charge < -0.3 is 9.47 Å². The third kappa shape index (κ3) is 6.18. The lowest BCUT2D eigenvalue weighted by Gasteiger charge is -2.12. The molecule has 0 fully saturated rings. The van der Waals surface area contributed by atoms with E-state index >= 15 is 0 Å². The second-order valence-corrected chi connectivity index (χ2v) is 7.95. The lowest BCUT2D eigenvalue weighted by molar-refractivity contribution is -0.0498. The van der Waals surface area contributed by atoms with E-state index in [0.29, 0.717) is 0 Å². The Morgan fingerprint density at radius 1 is 1.18 bits per heavy atom. The van der Waals surface area contributed by atoms with Crippen LogP contribution in [-0.2, 0) is 16.6 Å². The summed E-state index contributed by atoms with van der Waals surface area (Å²) in [6.45, 7) is -3.28. The third-order valence-electron chi connectivity index (χ3n) is 3.17. The first-order valence-corrected chi connectivity index (χ1v) is 9.98. The maximum Gasteiger partial charge on any atom is 0.387 e. The molecular formula is C16H12Cl2F3NO5S. The molecule has 0 aliphatic carbocycles. The molecular weight excluding hydrogens is 446 g/mol. The Morgan fingerprint density at radius 3 is 2.43 bits per heavy atom. The summed E-state index contributed by atoms with van der Waals surface area (Å²) in [5.41, 5.74) is -0.408. The fourth-order valence-corrected chi connectivity index (χ4v) is 2.90. The number of hydrogen-bond donors (Lipinski definition) is 1. The number of alkyl halides is 2. The van der Waals surface area contributed by atoms with Crippen molar-refractivity contribution in [2.45, 2.75) is 13.2 Å². The minimum absolute atomic E-state index is 0.0520. The van der Waals surface area contributed by atoms with E-state index in [1.54, 1.807) is 4.72 Å². The number of halogens is 5. The van der Waals surface area contributed by atoms with Gasteiger partial charge >= 0.3 is 6.61 Å². The molecule has 0 saturated heterocycles. The Balaban J connectivity index is 2.14. The number of nitrogens with one attached hydrogen (secondary N) is 1. The van der Waals surface area contributed by atoms with Gasteiger partial charge in [-0.25, -0.2) is 17.5 Å². The molecule has 0 aliphatic heterocycles. The van der Waals surface area contributed by atoms with Crippen molar-refractivity contribution in [2.75, 3.05) is 6.26 Å². The van der Waals surface area contributed by atoms with Gasteiger partial charge in [0.05, 0.1) is 16.8 Å².